The van der Waals surface area contributed by atoms with Crippen molar-refractivity contribution in [3.05, 3.63) is 28.4 Å². The number of likely N-dealkylation sites (tertiary alicyclic amines) is 1. The van der Waals surface area contributed by atoms with Gasteiger partial charge in [-0.2, -0.15) is 4.52 Å². The minimum Gasteiger partial charge on any atom is -0.330 e. The fraction of sp³-hybridized carbons (Fsp3) is 0.615. The highest BCUT2D eigenvalue weighted by Crippen LogP contribution is 2.23. The third-order valence-corrected chi connectivity index (χ3v) is 4.21. The summed E-state index contributed by atoms with van der Waals surface area (Å²) < 4.78 is 1.34. The molecule has 2 aromatic rings. The Hall–Kier alpha value is -1.73. The molecule has 7 nitrogen and oxygen atoms in total. The van der Waals surface area contributed by atoms with Gasteiger partial charge in [-0.3, -0.25) is 14.8 Å². The number of piperidine rings is 1. The van der Waals surface area contributed by atoms with E-state index >= 15 is 0 Å². The van der Waals surface area contributed by atoms with E-state index in [1.807, 2.05) is 0 Å². The predicted molar refractivity (Wildman–Crippen MR) is 75.2 cm³/mol. The Kier molecular flexibility index (Phi) is 3.54. The number of nitrogens with two attached hydrogens (primary N) is 1. The summed E-state index contributed by atoms with van der Waals surface area (Å²) in [6.45, 7) is 5.65. The number of nitrogens with one attached hydrogen (secondary N) is 1. The molecule has 0 saturated carbocycles. The Balaban J connectivity index is 1.77. The maximum atomic E-state index is 11.9. The number of aromatic nitrogens is 4. The first-order chi connectivity index (χ1) is 9.67. The van der Waals surface area contributed by atoms with E-state index in [4.69, 9.17) is 5.73 Å². The summed E-state index contributed by atoms with van der Waals surface area (Å²) in [5, 5.41) is 2.74. The minimum atomic E-state index is -0.122. The second-order valence-electron chi connectivity index (χ2n) is 5.61. The van der Waals surface area contributed by atoms with Crippen LogP contribution in [0.5, 0.6) is 0 Å². The first kappa shape index (κ1) is 13.3. The molecule has 3 heterocycles. The molecule has 2 unspecified atom stereocenters. The van der Waals surface area contributed by atoms with Gasteiger partial charge >= 0.3 is 0 Å². The van der Waals surface area contributed by atoms with Crippen LogP contribution >= 0.6 is 0 Å². The van der Waals surface area contributed by atoms with Gasteiger partial charge in [-0.25, -0.2) is 9.97 Å². The highest BCUT2D eigenvalue weighted by Gasteiger charge is 2.25. The molecule has 3 rings (SSSR count). The molecule has 7 heteroatoms. The van der Waals surface area contributed by atoms with Crippen molar-refractivity contribution in [1.82, 2.24) is 24.5 Å². The summed E-state index contributed by atoms with van der Waals surface area (Å²) >= 11 is 0. The maximum Gasteiger partial charge on any atom is 0.274 e. The van der Waals surface area contributed by atoms with Gasteiger partial charge in [-0.05, 0) is 31.3 Å². The number of rotatable bonds is 3. The average molecular weight is 276 g/mol. The second-order valence-corrected chi connectivity index (χ2v) is 5.61. The highest BCUT2D eigenvalue weighted by molar-refractivity contribution is 5.25. The highest BCUT2D eigenvalue weighted by atomic mass is 16.1. The van der Waals surface area contributed by atoms with Crippen molar-refractivity contribution in [2.75, 3.05) is 19.6 Å². The third-order valence-electron chi connectivity index (χ3n) is 4.21. The lowest BCUT2D eigenvalue weighted by Gasteiger charge is -2.36. The lowest BCUT2D eigenvalue weighted by molar-refractivity contribution is 0.125. The smallest absolute Gasteiger partial charge is 0.274 e. The quantitative estimate of drug-likeness (QED) is 0.812. The van der Waals surface area contributed by atoms with Crippen LogP contribution in [0, 0.1) is 11.8 Å². The molecule has 2 aromatic heterocycles. The van der Waals surface area contributed by atoms with Crippen molar-refractivity contribution < 1.29 is 0 Å². The van der Waals surface area contributed by atoms with E-state index in [-0.39, 0.29) is 5.56 Å². The zero-order valence-corrected chi connectivity index (χ0v) is 11.6. The van der Waals surface area contributed by atoms with Crippen LogP contribution < -0.4 is 11.3 Å². The summed E-state index contributed by atoms with van der Waals surface area (Å²) in [4.78, 5) is 22.7. The van der Waals surface area contributed by atoms with Gasteiger partial charge < -0.3 is 5.73 Å². The number of nitrogens with zero attached hydrogens (tertiary/aromatic N) is 4. The molecule has 0 aliphatic carbocycles. The lowest BCUT2D eigenvalue weighted by Crippen LogP contribution is -2.42. The molecule has 1 saturated heterocycles. The van der Waals surface area contributed by atoms with Crippen LogP contribution in [-0.4, -0.2) is 44.1 Å². The summed E-state index contributed by atoms with van der Waals surface area (Å²) in [6.07, 6.45) is 2.62. The van der Waals surface area contributed by atoms with Gasteiger partial charge in [0.2, 0.25) is 0 Å². The Morgan fingerprint density at radius 3 is 3.20 bits per heavy atom. The topological polar surface area (TPSA) is 92.3 Å². The van der Waals surface area contributed by atoms with E-state index in [1.54, 1.807) is 6.07 Å². The Morgan fingerprint density at radius 2 is 2.40 bits per heavy atom. The van der Waals surface area contributed by atoms with Crippen LogP contribution in [0.1, 0.15) is 19.0 Å². The zero-order chi connectivity index (χ0) is 14.1. The van der Waals surface area contributed by atoms with Crippen LogP contribution in [0.4, 0.5) is 0 Å². The molecule has 0 radical (unpaired) electrons. The van der Waals surface area contributed by atoms with Crippen LogP contribution in [0.15, 0.2) is 17.2 Å². The third kappa shape index (κ3) is 2.46. The van der Waals surface area contributed by atoms with Gasteiger partial charge in [0.15, 0.2) is 0 Å². The maximum absolute atomic E-state index is 11.9. The van der Waals surface area contributed by atoms with Crippen molar-refractivity contribution >= 4 is 5.78 Å². The van der Waals surface area contributed by atoms with Crippen molar-refractivity contribution in [3.63, 3.8) is 0 Å². The second kappa shape index (κ2) is 5.34. The van der Waals surface area contributed by atoms with Crippen molar-refractivity contribution in [1.29, 1.82) is 0 Å². The first-order valence-electron chi connectivity index (χ1n) is 7.02. The van der Waals surface area contributed by atoms with E-state index in [0.29, 0.717) is 30.7 Å². The van der Waals surface area contributed by atoms with Crippen LogP contribution in [0.3, 0.4) is 0 Å². The van der Waals surface area contributed by atoms with E-state index in [0.717, 1.165) is 25.2 Å². The standard InChI is InChI=1S/C13H20N6O/c1-9-2-3-18(6-10(9)5-14)7-11-4-12(20)19-13(17-11)15-8-16-19/h4,8-10H,2-3,5-7,14H2,1H3,(H,15,16,17). The van der Waals surface area contributed by atoms with E-state index in [1.165, 1.54) is 10.8 Å². The monoisotopic (exact) mass is 276 g/mol. The van der Waals surface area contributed by atoms with Crippen LogP contribution in [0.25, 0.3) is 5.78 Å². The molecule has 0 bridgehead atoms. The number of H-pyrrole nitrogens is 1. The van der Waals surface area contributed by atoms with E-state index in [2.05, 4.69) is 26.9 Å². The molecule has 1 aliphatic rings. The molecule has 1 fully saturated rings. The number of hydrogen-bond donors (Lipinski definition) is 2. The lowest BCUT2D eigenvalue weighted by atomic mass is 9.87. The Bertz CT molecular complexity index is 648. The average Bonchev–Trinajstić information content (AvgIpc) is 2.90. The Morgan fingerprint density at radius 1 is 1.55 bits per heavy atom. The van der Waals surface area contributed by atoms with Gasteiger partial charge in [-0.15, -0.1) is 0 Å². The summed E-state index contributed by atoms with van der Waals surface area (Å²) in [6, 6.07) is 1.57. The fourth-order valence-corrected chi connectivity index (χ4v) is 2.85. The van der Waals surface area contributed by atoms with Crippen LogP contribution in [-0.2, 0) is 6.54 Å². The van der Waals surface area contributed by atoms with Gasteiger partial charge in [-0.1, -0.05) is 6.92 Å². The van der Waals surface area contributed by atoms with Crippen LogP contribution in [0.2, 0.25) is 0 Å². The molecule has 0 amide bonds. The van der Waals surface area contributed by atoms with E-state index in [9.17, 15) is 4.79 Å². The predicted octanol–water partition coefficient (Wildman–Crippen LogP) is -0.166. The summed E-state index contributed by atoms with van der Waals surface area (Å²) in [5.74, 6) is 1.62. The largest absolute Gasteiger partial charge is 0.330 e. The Labute approximate surface area is 116 Å². The molecule has 0 spiro atoms. The first-order valence-corrected chi connectivity index (χ1v) is 7.02. The molecule has 2 atom stereocenters. The van der Waals surface area contributed by atoms with Crippen molar-refractivity contribution in [3.8, 4) is 0 Å². The van der Waals surface area contributed by atoms with Crippen molar-refractivity contribution in [2.45, 2.75) is 19.9 Å². The normalized spacial score (nSPS) is 24.3. The SMILES string of the molecule is CC1CCN(Cc2cc(=O)n3[nH]cnc3n2)CC1CN. The van der Waals surface area contributed by atoms with Crippen molar-refractivity contribution in [2.24, 2.45) is 17.6 Å². The number of hydrogen-bond acceptors (Lipinski definition) is 5. The molecular weight excluding hydrogens is 256 g/mol. The number of fused-ring (bicyclic) bond motifs is 1. The zero-order valence-electron chi connectivity index (χ0n) is 11.6. The molecule has 1 aliphatic heterocycles. The molecular formula is C13H20N6O. The summed E-state index contributed by atoms with van der Waals surface area (Å²) in [7, 11) is 0. The minimum absolute atomic E-state index is 0.122. The molecule has 20 heavy (non-hydrogen) atoms. The van der Waals surface area contributed by atoms with E-state index < -0.39 is 0 Å². The number of aromatic amines is 1. The fourth-order valence-electron chi connectivity index (χ4n) is 2.85. The van der Waals surface area contributed by atoms with Gasteiger partial charge in [0.05, 0.1) is 5.69 Å². The van der Waals surface area contributed by atoms with Gasteiger partial charge in [0.25, 0.3) is 11.3 Å². The van der Waals surface area contributed by atoms with Gasteiger partial charge in [0.1, 0.15) is 6.33 Å². The molecule has 3 N–H and O–H groups in total. The summed E-state index contributed by atoms with van der Waals surface area (Å²) in [5.41, 5.74) is 6.47. The van der Waals surface area contributed by atoms with Gasteiger partial charge in [0, 0.05) is 19.2 Å². The molecule has 0 aromatic carbocycles. The molecule has 108 valence electrons.